The molecule has 0 spiro atoms. The Hall–Kier alpha value is -2.93. The van der Waals surface area contributed by atoms with Gasteiger partial charge in [-0.25, -0.2) is 4.39 Å². The number of hydrogen-bond acceptors (Lipinski definition) is 3. The van der Waals surface area contributed by atoms with Gasteiger partial charge in [-0.15, -0.1) is 0 Å². The van der Waals surface area contributed by atoms with Crippen LogP contribution in [0.25, 0.3) is 0 Å². The summed E-state index contributed by atoms with van der Waals surface area (Å²) in [5, 5.41) is 8.02. The van der Waals surface area contributed by atoms with E-state index in [9.17, 15) is 18.8 Å². The van der Waals surface area contributed by atoms with E-state index < -0.39 is 11.7 Å². The van der Waals surface area contributed by atoms with Crippen molar-refractivity contribution < 1.29 is 18.8 Å². The van der Waals surface area contributed by atoms with E-state index in [0.717, 1.165) is 18.6 Å². The summed E-state index contributed by atoms with van der Waals surface area (Å²) in [5.74, 6) is -1.48. The summed E-state index contributed by atoms with van der Waals surface area (Å²) in [4.78, 5) is 35.8. The van der Waals surface area contributed by atoms with Crippen molar-refractivity contribution in [1.82, 2.24) is 10.6 Å². The molecule has 2 aromatic rings. The number of amides is 3. The van der Waals surface area contributed by atoms with Crippen LogP contribution < -0.4 is 16.0 Å². The molecule has 0 saturated heterocycles. The number of rotatable bonds is 8. The highest BCUT2D eigenvalue weighted by molar-refractivity contribution is 6.33. The number of carbonyl (C=O) groups is 3. The molecule has 0 aromatic heterocycles. The SMILES string of the molecule is CCCNC(=O)c1ccc(NC(=O)CCNC(=O)c2ccc(F)cc2Cl)cc1. The Morgan fingerprint density at radius 3 is 2.29 bits per heavy atom. The standard InChI is InChI=1S/C20H21ClFN3O3/c1-2-10-23-19(27)13-3-6-15(7-4-13)25-18(26)9-11-24-20(28)16-8-5-14(22)12-17(16)21/h3-8,12H,2,9-11H2,1H3,(H,23,27)(H,24,28)(H,25,26). The van der Waals surface area contributed by atoms with Crippen LogP contribution in [0.2, 0.25) is 5.02 Å². The van der Waals surface area contributed by atoms with E-state index in [1.54, 1.807) is 24.3 Å². The summed E-state index contributed by atoms with van der Waals surface area (Å²) in [5.41, 5.74) is 1.19. The second kappa shape index (κ2) is 10.4. The third-order valence-corrected chi connectivity index (χ3v) is 4.09. The van der Waals surface area contributed by atoms with Crippen molar-refractivity contribution in [2.24, 2.45) is 0 Å². The van der Waals surface area contributed by atoms with Crippen LogP contribution in [0.1, 0.15) is 40.5 Å². The predicted octanol–water partition coefficient (Wildman–Crippen LogP) is 3.38. The largest absolute Gasteiger partial charge is 0.352 e. The van der Waals surface area contributed by atoms with Crippen molar-refractivity contribution in [3.8, 4) is 0 Å². The molecule has 6 nitrogen and oxygen atoms in total. The molecule has 2 rings (SSSR count). The van der Waals surface area contributed by atoms with Gasteiger partial charge in [0.15, 0.2) is 0 Å². The number of carbonyl (C=O) groups excluding carboxylic acids is 3. The van der Waals surface area contributed by atoms with E-state index in [2.05, 4.69) is 16.0 Å². The van der Waals surface area contributed by atoms with Gasteiger partial charge < -0.3 is 16.0 Å². The number of anilines is 1. The van der Waals surface area contributed by atoms with Crippen LogP contribution in [-0.4, -0.2) is 30.8 Å². The van der Waals surface area contributed by atoms with Gasteiger partial charge in [-0.05, 0) is 48.9 Å². The second-order valence-corrected chi connectivity index (χ2v) is 6.42. The van der Waals surface area contributed by atoms with Crippen molar-refractivity contribution >= 4 is 35.0 Å². The molecule has 3 amide bonds. The first-order valence-corrected chi connectivity index (χ1v) is 9.20. The fraction of sp³-hybridized carbons (Fsp3) is 0.250. The van der Waals surface area contributed by atoms with E-state index in [1.165, 1.54) is 6.07 Å². The van der Waals surface area contributed by atoms with E-state index in [0.29, 0.717) is 17.8 Å². The van der Waals surface area contributed by atoms with Crippen LogP contribution in [0.4, 0.5) is 10.1 Å². The topological polar surface area (TPSA) is 87.3 Å². The highest BCUT2D eigenvalue weighted by Gasteiger charge is 2.12. The summed E-state index contributed by atoms with van der Waals surface area (Å²) in [6, 6.07) is 9.99. The fourth-order valence-corrected chi connectivity index (χ4v) is 2.58. The van der Waals surface area contributed by atoms with Gasteiger partial charge in [0, 0.05) is 30.8 Å². The molecule has 0 saturated carbocycles. The molecule has 0 radical (unpaired) electrons. The normalized spacial score (nSPS) is 10.2. The molecule has 0 aliphatic heterocycles. The number of benzene rings is 2. The second-order valence-electron chi connectivity index (χ2n) is 6.01. The molecule has 2 aromatic carbocycles. The molecule has 0 fully saturated rings. The minimum absolute atomic E-state index is 0.00464. The van der Waals surface area contributed by atoms with Gasteiger partial charge in [0.25, 0.3) is 11.8 Å². The quantitative estimate of drug-likeness (QED) is 0.629. The van der Waals surface area contributed by atoms with Crippen LogP contribution in [0, 0.1) is 5.82 Å². The molecule has 0 aliphatic carbocycles. The Bertz CT molecular complexity index is 856. The van der Waals surface area contributed by atoms with Crippen molar-refractivity contribution in [2.45, 2.75) is 19.8 Å². The third kappa shape index (κ3) is 6.35. The maximum atomic E-state index is 13.0. The molecule has 0 bridgehead atoms. The minimum Gasteiger partial charge on any atom is -0.352 e. The molecule has 148 valence electrons. The lowest BCUT2D eigenvalue weighted by Gasteiger charge is -2.09. The molecular weight excluding hydrogens is 385 g/mol. The number of nitrogens with one attached hydrogen (secondary N) is 3. The van der Waals surface area contributed by atoms with Crippen LogP contribution in [0.15, 0.2) is 42.5 Å². The average molecular weight is 406 g/mol. The maximum absolute atomic E-state index is 13.0. The summed E-state index contributed by atoms with van der Waals surface area (Å²) in [6.07, 6.45) is 0.896. The molecule has 28 heavy (non-hydrogen) atoms. The molecular formula is C20H21ClFN3O3. The Balaban J connectivity index is 1.79. The van der Waals surface area contributed by atoms with E-state index in [-0.39, 0.29) is 35.4 Å². The Morgan fingerprint density at radius 2 is 1.64 bits per heavy atom. The van der Waals surface area contributed by atoms with Crippen molar-refractivity contribution in [1.29, 1.82) is 0 Å². The lowest BCUT2D eigenvalue weighted by Crippen LogP contribution is -2.28. The molecule has 8 heteroatoms. The Kier molecular flexibility index (Phi) is 7.95. The lowest BCUT2D eigenvalue weighted by atomic mass is 10.2. The van der Waals surface area contributed by atoms with Crippen LogP contribution in [0.5, 0.6) is 0 Å². The summed E-state index contributed by atoms with van der Waals surface area (Å²) in [6.45, 7) is 2.66. The van der Waals surface area contributed by atoms with Crippen LogP contribution in [0.3, 0.4) is 0 Å². The highest BCUT2D eigenvalue weighted by atomic mass is 35.5. The highest BCUT2D eigenvalue weighted by Crippen LogP contribution is 2.17. The lowest BCUT2D eigenvalue weighted by molar-refractivity contribution is -0.116. The van der Waals surface area contributed by atoms with Gasteiger partial charge in [0.1, 0.15) is 5.82 Å². The third-order valence-electron chi connectivity index (χ3n) is 3.78. The van der Waals surface area contributed by atoms with E-state index >= 15 is 0 Å². The first kappa shape index (κ1) is 21.4. The summed E-state index contributed by atoms with van der Waals surface area (Å²) < 4.78 is 13.0. The van der Waals surface area contributed by atoms with Crippen LogP contribution >= 0.6 is 11.6 Å². The van der Waals surface area contributed by atoms with Gasteiger partial charge in [0.05, 0.1) is 10.6 Å². The number of hydrogen-bond donors (Lipinski definition) is 3. The van der Waals surface area contributed by atoms with Gasteiger partial charge in [-0.1, -0.05) is 18.5 Å². The van der Waals surface area contributed by atoms with Crippen molar-refractivity contribution in [3.05, 3.63) is 64.4 Å². The zero-order chi connectivity index (χ0) is 20.5. The van der Waals surface area contributed by atoms with E-state index in [4.69, 9.17) is 11.6 Å². The zero-order valence-corrected chi connectivity index (χ0v) is 16.1. The summed E-state index contributed by atoms with van der Waals surface area (Å²) >= 11 is 5.83. The molecule has 0 aliphatic rings. The maximum Gasteiger partial charge on any atom is 0.252 e. The molecule has 3 N–H and O–H groups in total. The van der Waals surface area contributed by atoms with Crippen molar-refractivity contribution in [3.63, 3.8) is 0 Å². The molecule has 0 atom stereocenters. The Labute approximate surface area is 167 Å². The van der Waals surface area contributed by atoms with Crippen LogP contribution in [-0.2, 0) is 4.79 Å². The minimum atomic E-state index is -0.533. The smallest absolute Gasteiger partial charge is 0.252 e. The fourth-order valence-electron chi connectivity index (χ4n) is 2.33. The zero-order valence-electron chi connectivity index (χ0n) is 15.4. The first-order valence-electron chi connectivity index (χ1n) is 8.82. The predicted molar refractivity (Wildman–Crippen MR) is 106 cm³/mol. The average Bonchev–Trinajstić information content (AvgIpc) is 2.66. The first-order chi connectivity index (χ1) is 13.4. The monoisotopic (exact) mass is 405 g/mol. The molecule has 0 heterocycles. The van der Waals surface area contributed by atoms with Gasteiger partial charge in [-0.3, -0.25) is 14.4 Å². The number of halogens is 2. The molecule has 0 unspecified atom stereocenters. The van der Waals surface area contributed by atoms with Gasteiger partial charge >= 0.3 is 0 Å². The van der Waals surface area contributed by atoms with Gasteiger partial charge in [0.2, 0.25) is 5.91 Å². The summed E-state index contributed by atoms with van der Waals surface area (Å²) in [7, 11) is 0. The van der Waals surface area contributed by atoms with E-state index in [1.807, 2.05) is 6.92 Å². The van der Waals surface area contributed by atoms with Crippen molar-refractivity contribution in [2.75, 3.05) is 18.4 Å². The Morgan fingerprint density at radius 1 is 0.964 bits per heavy atom. The van der Waals surface area contributed by atoms with Gasteiger partial charge in [-0.2, -0.15) is 0 Å².